The third-order valence-electron chi connectivity index (χ3n) is 5.18. The first kappa shape index (κ1) is 20.4. The molecule has 0 radical (unpaired) electrons. The van der Waals surface area contributed by atoms with Gasteiger partial charge in [-0.25, -0.2) is 9.78 Å². The fourth-order valence-corrected chi connectivity index (χ4v) is 3.85. The van der Waals surface area contributed by atoms with Crippen molar-refractivity contribution in [2.75, 3.05) is 13.2 Å². The first-order valence-corrected chi connectivity index (χ1v) is 10.3. The number of benzene rings is 2. The second-order valence-corrected chi connectivity index (χ2v) is 7.86. The lowest BCUT2D eigenvalue weighted by Crippen LogP contribution is -2.23. The van der Waals surface area contributed by atoms with Crippen LogP contribution < -0.4 is 4.74 Å². The minimum Gasteiger partial charge on any atom is -0.482 e. The van der Waals surface area contributed by atoms with Gasteiger partial charge in [0, 0.05) is 18.0 Å². The molecular formula is C23H23ClN2O4. The predicted octanol–water partition coefficient (Wildman–Crippen LogP) is 4.72. The van der Waals surface area contributed by atoms with E-state index in [2.05, 4.69) is 9.88 Å². The van der Waals surface area contributed by atoms with Crippen molar-refractivity contribution in [2.24, 2.45) is 0 Å². The molecule has 7 heteroatoms. The molecule has 0 amide bonds. The van der Waals surface area contributed by atoms with Crippen LogP contribution in [0.25, 0.3) is 0 Å². The van der Waals surface area contributed by atoms with E-state index in [0.29, 0.717) is 12.2 Å². The van der Waals surface area contributed by atoms with Crippen molar-refractivity contribution in [2.45, 2.75) is 31.8 Å². The Balaban J connectivity index is 1.38. The number of carboxylic acids is 1. The van der Waals surface area contributed by atoms with Gasteiger partial charge in [-0.05, 0) is 54.8 Å². The number of aliphatic carboxylic acids is 1. The molecule has 156 valence electrons. The molecular weight excluding hydrogens is 404 g/mol. The zero-order valence-electron chi connectivity index (χ0n) is 16.5. The number of hydrogen-bond donors (Lipinski definition) is 1. The molecule has 1 aliphatic rings. The Labute approximate surface area is 180 Å². The highest BCUT2D eigenvalue weighted by atomic mass is 35.5. The summed E-state index contributed by atoms with van der Waals surface area (Å²) in [7, 11) is 0. The van der Waals surface area contributed by atoms with Crippen molar-refractivity contribution < 1.29 is 19.1 Å². The fourth-order valence-electron chi connectivity index (χ4n) is 3.73. The Hall–Kier alpha value is -2.83. The number of carboxylic acid groups (broad SMARTS) is 1. The summed E-state index contributed by atoms with van der Waals surface area (Å²) in [4.78, 5) is 17.5. The molecule has 30 heavy (non-hydrogen) atoms. The first-order chi connectivity index (χ1) is 14.6. The van der Waals surface area contributed by atoms with Gasteiger partial charge in [0.1, 0.15) is 11.5 Å². The summed E-state index contributed by atoms with van der Waals surface area (Å²) >= 11 is 5.95. The van der Waals surface area contributed by atoms with Gasteiger partial charge in [-0.2, -0.15) is 0 Å². The van der Waals surface area contributed by atoms with Crippen LogP contribution in [0.5, 0.6) is 5.75 Å². The van der Waals surface area contributed by atoms with Gasteiger partial charge in [0.15, 0.2) is 6.61 Å². The lowest BCUT2D eigenvalue weighted by molar-refractivity contribution is -0.139. The molecule has 1 aliphatic heterocycles. The Kier molecular flexibility index (Phi) is 6.35. The topological polar surface area (TPSA) is 75.8 Å². The van der Waals surface area contributed by atoms with Gasteiger partial charge in [0.2, 0.25) is 5.89 Å². The van der Waals surface area contributed by atoms with Gasteiger partial charge in [-0.1, -0.05) is 35.9 Å². The molecule has 1 atom stereocenters. The summed E-state index contributed by atoms with van der Waals surface area (Å²) in [5.41, 5.74) is 2.27. The summed E-state index contributed by atoms with van der Waals surface area (Å²) in [6.07, 6.45) is 4.61. The number of hydrogen-bond acceptors (Lipinski definition) is 5. The van der Waals surface area contributed by atoms with Gasteiger partial charge in [-0.3, -0.25) is 4.90 Å². The van der Waals surface area contributed by atoms with E-state index in [1.54, 1.807) is 12.1 Å². The second-order valence-electron chi connectivity index (χ2n) is 7.42. The van der Waals surface area contributed by atoms with Crippen LogP contribution in [0.15, 0.2) is 59.1 Å². The summed E-state index contributed by atoms with van der Waals surface area (Å²) in [6.45, 7) is 1.42. The van der Waals surface area contributed by atoms with E-state index in [4.69, 9.17) is 25.9 Å². The largest absolute Gasteiger partial charge is 0.482 e. The third-order valence-corrected chi connectivity index (χ3v) is 5.44. The molecule has 6 nitrogen and oxygen atoms in total. The standard InChI is InChI=1S/C23H23ClN2O4/c24-18-7-3-16(4-8-18)12-20-13-25-23(30-20)21-2-1-11-26(21)14-17-5-9-19(10-6-17)29-15-22(27)28/h3-10,13,21H,1-2,11-12,14-15H2,(H,27,28). The molecule has 1 saturated heterocycles. The highest BCUT2D eigenvalue weighted by Crippen LogP contribution is 2.33. The normalized spacial score (nSPS) is 16.6. The molecule has 1 unspecified atom stereocenters. The summed E-state index contributed by atoms with van der Waals surface area (Å²) < 4.78 is 11.3. The van der Waals surface area contributed by atoms with E-state index in [1.807, 2.05) is 42.6 Å². The highest BCUT2D eigenvalue weighted by molar-refractivity contribution is 6.30. The smallest absolute Gasteiger partial charge is 0.341 e. The highest BCUT2D eigenvalue weighted by Gasteiger charge is 2.29. The summed E-state index contributed by atoms with van der Waals surface area (Å²) in [6, 6.07) is 15.5. The van der Waals surface area contributed by atoms with E-state index >= 15 is 0 Å². The number of halogens is 1. The molecule has 2 aromatic carbocycles. The van der Waals surface area contributed by atoms with Crippen LogP contribution in [0.2, 0.25) is 5.02 Å². The second kappa shape index (κ2) is 9.32. The van der Waals surface area contributed by atoms with Crippen LogP contribution in [-0.4, -0.2) is 34.1 Å². The monoisotopic (exact) mass is 426 g/mol. The van der Waals surface area contributed by atoms with Crippen LogP contribution in [0, 0.1) is 0 Å². The molecule has 1 aromatic heterocycles. The third kappa shape index (κ3) is 5.20. The lowest BCUT2D eigenvalue weighted by atomic mass is 10.1. The maximum absolute atomic E-state index is 10.6. The number of oxazole rings is 1. The average molecular weight is 427 g/mol. The van der Waals surface area contributed by atoms with Crippen molar-refractivity contribution in [1.29, 1.82) is 0 Å². The molecule has 2 heterocycles. The van der Waals surface area contributed by atoms with Crippen LogP contribution in [-0.2, 0) is 17.8 Å². The Bertz CT molecular complexity index is 985. The Morgan fingerprint density at radius 1 is 1.17 bits per heavy atom. The first-order valence-electron chi connectivity index (χ1n) is 9.93. The molecule has 0 spiro atoms. The fraction of sp³-hybridized carbons (Fsp3) is 0.304. The van der Waals surface area contributed by atoms with E-state index in [1.165, 1.54) is 0 Å². The van der Waals surface area contributed by atoms with Crippen molar-refractivity contribution in [3.8, 4) is 5.75 Å². The van der Waals surface area contributed by atoms with Crippen molar-refractivity contribution >= 4 is 17.6 Å². The van der Waals surface area contributed by atoms with E-state index < -0.39 is 5.97 Å². The van der Waals surface area contributed by atoms with E-state index in [9.17, 15) is 4.79 Å². The van der Waals surface area contributed by atoms with Crippen LogP contribution >= 0.6 is 11.6 Å². The van der Waals surface area contributed by atoms with Gasteiger partial charge >= 0.3 is 5.97 Å². The maximum Gasteiger partial charge on any atom is 0.341 e. The minimum absolute atomic E-state index is 0.159. The minimum atomic E-state index is -0.986. The van der Waals surface area contributed by atoms with Gasteiger partial charge in [-0.15, -0.1) is 0 Å². The molecule has 0 aliphatic carbocycles. The van der Waals surface area contributed by atoms with E-state index in [0.717, 1.165) is 53.7 Å². The molecule has 0 bridgehead atoms. The zero-order valence-corrected chi connectivity index (χ0v) is 17.2. The van der Waals surface area contributed by atoms with Gasteiger partial charge in [0.25, 0.3) is 0 Å². The Morgan fingerprint density at radius 3 is 2.63 bits per heavy atom. The number of aromatic nitrogens is 1. The SMILES string of the molecule is O=C(O)COc1ccc(CN2CCCC2c2ncc(Cc3ccc(Cl)cc3)o2)cc1. The molecule has 4 rings (SSSR count). The van der Waals surface area contributed by atoms with E-state index in [-0.39, 0.29) is 12.6 Å². The van der Waals surface area contributed by atoms with Gasteiger partial charge < -0.3 is 14.3 Å². The van der Waals surface area contributed by atoms with Gasteiger partial charge in [0.05, 0.1) is 12.2 Å². The molecule has 1 fully saturated rings. The van der Waals surface area contributed by atoms with Crippen molar-refractivity contribution in [1.82, 2.24) is 9.88 Å². The van der Waals surface area contributed by atoms with Crippen molar-refractivity contribution in [3.05, 3.63) is 82.5 Å². The van der Waals surface area contributed by atoms with Crippen LogP contribution in [0.3, 0.4) is 0 Å². The maximum atomic E-state index is 10.6. The predicted molar refractivity (Wildman–Crippen MR) is 113 cm³/mol. The van der Waals surface area contributed by atoms with Crippen LogP contribution in [0.4, 0.5) is 0 Å². The molecule has 1 N–H and O–H groups in total. The quantitative estimate of drug-likeness (QED) is 0.561. The zero-order chi connectivity index (χ0) is 20.9. The average Bonchev–Trinajstić information content (AvgIpc) is 3.38. The summed E-state index contributed by atoms with van der Waals surface area (Å²) in [5, 5.41) is 9.42. The number of likely N-dealkylation sites (tertiary alicyclic amines) is 1. The number of carbonyl (C=O) groups is 1. The molecule has 0 saturated carbocycles. The number of ether oxygens (including phenoxy) is 1. The number of nitrogens with zero attached hydrogens (tertiary/aromatic N) is 2. The van der Waals surface area contributed by atoms with Crippen LogP contribution in [0.1, 0.15) is 41.7 Å². The lowest BCUT2D eigenvalue weighted by Gasteiger charge is -2.22. The van der Waals surface area contributed by atoms with Crippen molar-refractivity contribution in [3.63, 3.8) is 0 Å². The number of rotatable bonds is 8. The Morgan fingerprint density at radius 2 is 1.90 bits per heavy atom. The molecule has 3 aromatic rings. The summed E-state index contributed by atoms with van der Waals surface area (Å²) in [5.74, 6) is 1.18.